The fraction of sp³-hybridized carbons (Fsp3) is 0.667. The van der Waals surface area contributed by atoms with E-state index >= 15 is 0 Å². The summed E-state index contributed by atoms with van der Waals surface area (Å²) in [6, 6.07) is 0.183. The van der Waals surface area contributed by atoms with Crippen LogP contribution < -0.4 is 5.73 Å². The number of ketones is 1. The Kier molecular flexibility index (Phi) is 3.68. The zero-order valence-electron chi connectivity index (χ0n) is 10.2. The zero-order chi connectivity index (χ0) is 12.6. The molecular formula is C12H18BrN3O. The Hall–Kier alpha value is -0.680. The van der Waals surface area contributed by atoms with Gasteiger partial charge in [-0.3, -0.25) is 9.48 Å². The molecule has 0 aliphatic heterocycles. The van der Waals surface area contributed by atoms with E-state index in [0.717, 1.165) is 4.47 Å². The first kappa shape index (κ1) is 12.8. The molecule has 1 saturated carbocycles. The molecule has 0 saturated heterocycles. The minimum absolute atomic E-state index is 0.00455. The van der Waals surface area contributed by atoms with Crippen molar-refractivity contribution in [3.63, 3.8) is 0 Å². The molecule has 0 radical (unpaired) electrons. The number of halogens is 1. The molecule has 0 amide bonds. The Bertz CT molecular complexity index is 423. The van der Waals surface area contributed by atoms with Crippen LogP contribution in [0.3, 0.4) is 0 Å². The Morgan fingerprint density at radius 3 is 2.82 bits per heavy atom. The first-order valence-corrected chi connectivity index (χ1v) is 6.81. The molecule has 1 aromatic heterocycles. The van der Waals surface area contributed by atoms with Crippen LogP contribution in [0.1, 0.15) is 49.6 Å². The van der Waals surface area contributed by atoms with E-state index in [2.05, 4.69) is 21.0 Å². The van der Waals surface area contributed by atoms with Gasteiger partial charge in [0.25, 0.3) is 0 Å². The van der Waals surface area contributed by atoms with E-state index in [-0.39, 0.29) is 17.9 Å². The van der Waals surface area contributed by atoms with Crippen LogP contribution in [0, 0.1) is 5.92 Å². The molecule has 0 aromatic carbocycles. The van der Waals surface area contributed by atoms with E-state index < -0.39 is 0 Å². The third-order valence-corrected chi connectivity index (χ3v) is 3.73. The molecule has 0 bridgehead atoms. The lowest BCUT2D eigenvalue weighted by Gasteiger charge is -2.13. The van der Waals surface area contributed by atoms with E-state index in [1.54, 1.807) is 10.9 Å². The van der Waals surface area contributed by atoms with Gasteiger partial charge in [0, 0.05) is 18.5 Å². The van der Waals surface area contributed by atoms with Crippen LogP contribution in [-0.4, -0.2) is 21.6 Å². The van der Waals surface area contributed by atoms with E-state index in [9.17, 15) is 4.79 Å². The van der Waals surface area contributed by atoms with Crippen molar-refractivity contribution in [3.8, 4) is 0 Å². The van der Waals surface area contributed by atoms with Gasteiger partial charge in [0.2, 0.25) is 0 Å². The van der Waals surface area contributed by atoms with Crippen LogP contribution in [0.2, 0.25) is 0 Å². The van der Waals surface area contributed by atoms with Crippen molar-refractivity contribution in [2.75, 3.05) is 0 Å². The smallest absolute Gasteiger partial charge is 0.183 e. The second-order valence-corrected chi connectivity index (χ2v) is 5.86. The first-order chi connectivity index (χ1) is 8.00. The van der Waals surface area contributed by atoms with Crippen LogP contribution in [0.5, 0.6) is 0 Å². The van der Waals surface area contributed by atoms with Gasteiger partial charge >= 0.3 is 0 Å². The van der Waals surface area contributed by atoms with Crippen molar-refractivity contribution in [2.24, 2.45) is 11.7 Å². The molecule has 2 N–H and O–H groups in total. The Balaban J connectivity index is 2.14. The number of aromatic nitrogens is 2. The average Bonchev–Trinajstić information content (AvgIpc) is 3.01. The van der Waals surface area contributed by atoms with Crippen molar-refractivity contribution in [1.29, 1.82) is 0 Å². The average molecular weight is 300 g/mol. The number of carbonyl (C=O) groups is 1. The fourth-order valence-corrected chi connectivity index (χ4v) is 2.49. The molecule has 17 heavy (non-hydrogen) atoms. The van der Waals surface area contributed by atoms with Gasteiger partial charge in [-0.25, -0.2) is 0 Å². The predicted molar refractivity (Wildman–Crippen MR) is 70.0 cm³/mol. The summed E-state index contributed by atoms with van der Waals surface area (Å²) in [7, 11) is 0. The lowest BCUT2D eigenvalue weighted by Crippen LogP contribution is -2.27. The molecule has 5 heteroatoms. The van der Waals surface area contributed by atoms with Gasteiger partial charge in [-0.05, 0) is 48.5 Å². The Morgan fingerprint density at radius 1 is 1.65 bits per heavy atom. The normalized spacial score (nSPS) is 17.5. The molecule has 4 nitrogen and oxygen atoms in total. The molecular weight excluding hydrogens is 282 g/mol. The van der Waals surface area contributed by atoms with Crippen molar-refractivity contribution in [2.45, 2.75) is 45.2 Å². The molecule has 1 fully saturated rings. The maximum atomic E-state index is 12.2. The number of rotatable bonds is 5. The van der Waals surface area contributed by atoms with Crippen molar-refractivity contribution < 1.29 is 4.79 Å². The highest BCUT2D eigenvalue weighted by molar-refractivity contribution is 9.10. The Morgan fingerprint density at radius 2 is 2.29 bits per heavy atom. The maximum Gasteiger partial charge on any atom is 0.183 e. The van der Waals surface area contributed by atoms with Crippen LogP contribution in [0.15, 0.2) is 10.7 Å². The minimum Gasteiger partial charge on any atom is -0.327 e. The SMILES string of the molecule is CC(C)n1ncc(Br)c1C(=O)CC(N)C1CC1. The molecule has 1 heterocycles. The highest BCUT2D eigenvalue weighted by Crippen LogP contribution is 2.33. The van der Waals surface area contributed by atoms with Crippen molar-refractivity contribution >= 4 is 21.7 Å². The first-order valence-electron chi connectivity index (χ1n) is 6.02. The van der Waals surface area contributed by atoms with Gasteiger partial charge in [-0.15, -0.1) is 0 Å². The number of nitrogens with two attached hydrogens (primary N) is 1. The summed E-state index contributed by atoms with van der Waals surface area (Å²) in [6.45, 7) is 4.02. The largest absolute Gasteiger partial charge is 0.327 e. The zero-order valence-corrected chi connectivity index (χ0v) is 11.8. The van der Waals surface area contributed by atoms with Gasteiger partial charge in [0.05, 0.1) is 10.7 Å². The molecule has 1 atom stereocenters. The summed E-state index contributed by atoms with van der Waals surface area (Å²) in [5.74, 6) is 0.635. The highest BCUT2D eigenvalue weighted by Gasteiger charge is 2.31. The number of hydrogen-bond acceptors (Lipinski definition) is 3. The molecule has 0 spiro atoms. The second kappa shape index (κ2) is 4.90. The van der Waals surface area contributed by atoms with Gasteiger partial charge in [0.1, 0.15) is 5.69 Å². The number of nitrogens with zero attached hydrogens (tertiary/aromatic N) is 2. The summed E-state index contributed by atoms with van der Waals surface area (Å²) in [5.41, 5.74) is 6.65. The van der Waals surface area contributed by atoms with Crippen LogP contribution in [0.4, 0.5) is 0 Å². The number of carbonyl (C=O) groups excluding carboxylic acids is 1. The van der Waals surface area contributed by atoms with Crippen molar-refractivity contribution in [3.05, 3.63) is 16.4 Å². The monoisotopic (exact) mass is 299 g/mol. The molecule has 2 rings (SSSR count). The molecule has 1 aliphatic carbocycles. The minimum atomic E-state index is 0.00455. The highest BCUT2D eigenvalue weighted by atomic mass is 79.9. The van der Waals surface area contributed by atoms with E-state index in [4.69, 9.17) is 5.73 Å². The maximum absolute atomic E-state index is 12.2. The predicted octanol–water partition coefficient (Wildman–Crippen LogP) is 2.54. The van der Waals surface area contributed by atoms with E-state index in [1.165, 1.54) is 12.8 Å². The topological polar surface area (TPSA) is 60.9 Å². The van der Waals surface area contributed by atoms with Gasteiger partial charge in [-0.1, -0.05) is 0 Å². The van der Waals surface area contributed by atoms with Crippen LogP contribution in [-0.2, 0) is 0 Å². The summed E-state index contributed by atoms with van der Waals surface area (Å²) in [5, 5.41) is 4.21. The second-order valence-electron chi connectivity index (χ2n) is 5.01. The number of hydrogen-bond donors (Lipinski definition) is 1. The third-order valence-electron chi connectivity index (χ3n) is 3.15. The van der Waals surface area contributed by atoms with Crippen LogP contribution >= 0.6 is 15.9 Å². The quantitative estimate of drug-likeness (QED) is 0.850. The Labute approximate surface area is 110 Å². The van der Waals surface area contributed by atoms with Gasteiger partial charge in [-0.2, -0.15) is 5.10 Å². The summed E-state index contributed by atoms with van der Waals surface area (Å²) >= 11 is 3.38. The number of Topliss-reactive ketones (excluding diaryl/α,β-unsaturated/α-hetero) is 1. The van der Waals surface area contributed by atoms with Gasteiger partial charge < -0.3 is 5.73 Å². The van der Waals surface area contributed by atoms with E-state index in [1.807, 2.05) is 13.8 Å². The summed E-state index contributed by atoms with van der Waals surface area (Å²) < 4.78 is 2.52. The standard InChI is InChI=1S/C12H18BrN3O/c1-7(2)16-12(9(13)6-15-16)11(17)5-10(14)8-3-4-8/h6-8,10H,3-5,14H2,1-2H3. The molecule has 1 aliphatic rings. The van der Waals surface area contributed by atoms with Crippen LogP contribution in [0.25, 0.3) is 0 Å². The molecule has 94 valence electrons. The van der Waals surface area contributed by atoms with Crippen molar-refractivity contribution in [1.82, 2.24) is 9.78 Å². The van der Waals surface area contributed by atoms with E-state index in [0.29, 0.717) is 18.0 Å². The fourth-order valence-electron chi connectivity index (χ4n) is 2.00. The third kappa shape index (κ3) is 2.77. The summed E-state index contributed by atoms with van der Waals surface area (Å²) in [4.78, 5) is 12.2. The lowest BCUT2D eigenvalue weighted by atomic mass is 10.0. The van der Waals surface area contributed by atoms with Gasteiger partial charge in [0.15, 0.2) is 5.78 Å². The summed E-state index contributed by atoms with van der Waals surface area (Å²) in [6.07, 6.45) is 4.43. The lowest BCUT2D eigenvalue weighted by molar-refractivity contribution is 0.0958. The molecule has 1 unspecified atom stereocenters. The molecule has 1 aromatic rings.